The van der Waals surface area contributed by atoms with Crippen molar-refractivity contribution in [1.29, 1.82) is 0 Å². The molecule has 150 valence electrons. The first-order valence-electron chi connectivity index (χ1n) is 9.35. The van der Waals surface area contributed by atoms with Gasteiger partial charge >= 0.3 is 5.97 Å². The van der Waals surface area contributed by atoms with E-state index in [9.17, 15) is 19.5 Å². The second-order valence-electron chi connectivity index (χ2n) is 6.96. The summed E-state index contributed by atoms with van der Waals surface area (Å²) in [5.41, 5.74) is 0.645. The van der Waals surface area contributed by atoms with E-state index in [-0.39, 0.29) is 29.9 Å². The van der Waals surface area contributed by atoms with Crippen molar-refractivity contribution in [2.24, 2.45) is 0 Å². The molecule has 29 heavy (non-hydrogen) atoms. The number of hydrogen-bond donors (Lipinski definition) is 2. The third-order valence-electron chi connectivity index (χ3n) is 5.14. The number of carbonyl (C=O) groups excluding carboxylic acids is 2. The van der Waals surface area contributed by atoms with Gasteiger partial charge in [-0.2, -0.15) is 0 Å². The highest BCUT2D eigenvalue weighted by Crippen LogP contribution is 2.33. The number of carboxylic acid groups (broad SMARTS) is 1. The molecule has 4 rings (SSSR count). The average molecular weight is 396 g/mol. The molecule has 0 spiro atoms. The molecular formula is C21H20N2O6. The van der Waals surface area contributed by atoms with Crippen LogP contribution in [-0.4, -0.2) is 53.7 Å². The van der Waals surface area contributed by atoms with Crippen molar-refractivity contribution in [3.05, 3.63) is 59.2 Å². The van der Waals surface area contributed by atoms with E-state index in [4.69, 9.17) is 9.47 Å². The normalized spacial score (nSPS) is 15.8. The van der Waals surface area contributed by atoms with Crippen molar-refractivity contribution in [3.8, 4) is 11.5 Å². The van der Waals surface area contributed by atoms with Crippen molar-refractivity contribution in [2.75, 3.05) is 19.9 Å². The number of rotatable bonds is 4. The maximum Gasteiger partial charge on any atom is 0.336 e. The third-order valence-corrected chi connectivity index (χ3v) is 5.14. The number of aromatic carboxylic acids is 1. The Hall–Kier alpha value is -3.55. The number of hydrogen-bond acceptors (Lipinski definition) is 5. The van der Waals surface area contributed by atoms with E-state index in [0.717, 1.165) is 0 Å². The van der Waals surface area contributed by atoms with Crippen LogP contribution in [0.25, 0.3) is 0 Å². The molecule has 2 amide bonds. The number of nitrogens with one attached hydrogen (secondary N) is 1. The van der Waals surface area contributed by atoms with Crippen molar-refractivity contribution < 1.29 is 29.0 Å². The van der Waals surface area contributed by atoms with Crippen LogP contribution in [0.2, 0.25) is 0 Å². The summed E-state index contributed by atoms with van der Waals surface area (Å²) in [5.74, 6) is -0.451. The maximum absolute atomic E-state index is 12.7. The van der Waals surface area contributed by atoms with E-state index in [1.54, 1.807) is 35.2 Å². The summed E-state index contributed by atoms with van der Waals surface area (Å²) in [5, 5.41) is 12.1. The van der Waals surface area contributed by atoms with Crippen molar-refractivity contribution >= 4 is 17.8 Å². The van der Waals surface area contributed by atoms with E-state index >= 15 is 0 Å². The summed E-state index contributed by atoms with van der Waals surface area (Å²) in [7, 11) is 0. The Morgan fingerprint density at radius 3 is 2.38 bits per heavy atom. The SMILES string of the molecule is O=C(O)c1ccccc1C(=O)NC1CCN(C(=O)c2ccc3c(c2)OCO3)CC1. The molecule has 2 aliphatic rings. The molecule has 1 saturated heterocycles. The van der Waals surface area contributed by atoms with Gasteiger partial charge in [-0.25, -0.2) is 4.79 Å². The van der Waals surface area contributed by atoms with E-state index in [2.05, 4.69) is 5.32 Å². The third kappa shape index (κ3) is 3.87. The van der Waals surface area contributed by atoms with Gasteiger partial charge in [-0.15, -0.1) is 0 Å². The van der Waals surface area contributed by atoms with E-state index < -0.39 is 11.9 Å². The Labute approximate surface area is 167 Å². The van der Waals surface area contributed by atoms with Crippen LogP contribution in [0.3, 0.4) is 0 Å². The Kier molecular flexibility index (Phi) is 5.07. The van der Waals surface area contributed by atoms with Crippen LogP contribution in [-0.2, 0) is 0 Å². The predicted octanol–water partition coefficient (Wildman–Crippen LogP) is 2.15. The molecule has 2 aromatic carbocycles. The summed E-state index contributed by atoms with van der Waals surface area (Å²) in [6, 6.07) is 11.1. The lowest BCUT2D eigenvalue weighted by atomic mass is 10.0. The number of fused-ring (bicyclic) bond motifs is 1. The van der Waals surface area contributed by atoms with Gasteiger partial charge in [0.05, 0.1) is 11.1 Å². The van der Waals surface area contributed by atoms with E-state index in [1.165, 1.54) is 12.1 Å². The van der Waals surface area contributed by atoms with Gasteiger partial charge in [-0.05, 0) is 43.2 Å². The number of benzene rings is 2. The first-order chi connectivity index (χ1) is 14.0. The number of piperidine rings is 1. The molecule has 0 bridgehead atoms. The second kappa shape index (κ2) is 7.83. The molecule has 0 unspecified atom stereocenters. The predicted molar refractivity (Wildman–Crippen MR) is 102 cm³/mol. The molecule has 1 fully saturated rings. The highest BCUT2D eigenvalue weighted by atomic mass is 16.7. The van der Waals surface area contributed by atoms with Crippen LogP contribution in [0.5, 0.6) is 11.5 Å². The highest BCUT2D eigenvalue weighted by Gasteiger charge is 2.27. The molecule has 8 heteroatoms. The number of ether oxygens (including phenoxy) is 2. The Balaban J connectivity index is 1.35. The zero-order valence-electron chi connectivity index (χ0n) is 15.6. The number of likely N-dealkylation sites (tertiary alicyclic amines) is 1. The van der Waals surface area contributed by atoms with Gasteiger partial charge in [0.1, 0.15) is 0 Å². The fourth-order valence-corrected chi connectivity index (χ4v) is 3.57. The van der Waals surface area contributed by atoms with Crippen LogP contribution in [0.15, 0.2) is 42.5 Å². The zero-order chi connectivity index (χ0) is 20.4. The number of carboxylic acids is 1. The Morgan fingerprint density at radius 2 is 1.66 bits per heavy atom. The summed E-state index contributed by atoms with van der Waals surface area (Å²) in [6.45, 7) is 1.15. The Bertz CT molecular complexity index is 965. The van der Waals surface area contributed by atoms with Crippen molar-refractivity contribution in [1.82, 2.24) is 10.2 Å². The zero-order valence-corrected chi connectivity index (χ0v) is 15.6. The lowest BCUT2D eigenvalue weighted by Gasteiger charge is -2.32. The quantitative estimate of drug-likeness (QED) is 0.821. The number of amides is 2. The van der Waals surface area contributed by atoms with Gasteiger partial charge in [0.25, 0.3) is 11.8 Å². The Morgan fingerprint density at radius 1 is 0.966 bits per heavy atom. The average Bonchev–Trinajstić information content (AvgIpc) is 3.21. The maximum atomic E-state index is 12.7. The molecule has 2 N–H and O–H groups in total. The van der Waals surface area contributed by atoms with E-state index in [1.807, 2.05) is 0 Å². The van der Waals surface area contributed by atoms with Crippen molar-refractivity contribution in [3.63, 3.8) is 0 Å². The smallest absolute Gasteiger partial charge is 0.336 e. The second-order valence-corrected chi connectivity index (χ2v) is 6.96. The molecule has 0 radical (unpaired) electrons. The minimum Gasteiger partial charge on any atom is -0.478 e. The number of nitrogens with zero attached hydrogens (tertiary/aromatic N) is 1. The molecule has 0 saturated carbocycles. The van der Waals surface area contributed by atoms with Gasteiger partial charge in [0, 0.05) is 24.7 Å². The van der Waals surface area contributed by atoms with Crippen LogP contribution in [0.4, 0.5) is 0 Å². The minimum atomic E-state index is -1.14. The fraction of sp³-hybridized carbons (Fsp3) is 0.286. The van der Waals surface area contributed by atoms with Gasteiger partial charge < -0.3 is 24.8 Å². The van der Waals surface area contributed by atoms with Gasteiger partial charge in [0.2, 0.25) is 6.79 Å². The summed E-state index contributed by atoms with van der Waals surface area (Å²) >= 11 is 0. The monoisotopic (exact) mass is 396 g/mol. The summed E-state index contributed by atoms with van der Waals surface area (Å²) < 4.78 is 10.6. The van der Waals surface area contributed by atoms with Gasteiger partial charge in [-0.3, -0.25) is 9.59 Å². The first kappa shape index (κ1) is 18.8. The van der Waals surface area contributed by atoms with Crippen molar-refractivity contribution in [2.45, 2.75) is 18.9 Å². The molecule has 0 aromatic heterocycles. The molecule has 8 nitrogen and oxygen atoms in total. The molecule has 0 atom stereocenters. The van der Waals surface area contributed by atoms with Crippen LogP contribution >= 0.6 is 0 Å². The minimum absolute atomic E-state index is 0.0274. The molecular weight excluding hydrogens is 376 g/mol. The largest absolute Gasteiger partial charge is 0.478 e. The number of carbonyl (C=O) groups is 3. The van der Waals surface area contributed by atoms with E-state index in [0.29, 0.717) is 43.0 Å². The summed E-state index contributed by atoms with van der Waals surface area (Å²) in [4.78, 5) is 38.3. The topological polar surface area (TPSA) is 105 Å². The lowest BCUT2D eigenvalue weighted by molar-refractivity contribution is 0.0675. The van der Waals surface area contributed by atoms with Crippen LogP contribution in [0.1, 0.15) is 43.9 Å². The fourth-order valence-electron chi connectivity index (χ4n) is 3.57. The lowest BCUT2D eigenvalue weighted by Crippen LogP contribution is -2.46. The van der Waals surface area contributed by atoms with Gasteiger partial charge in [0.15, 0.2) is 11.5 Å². The molecule has 0 aliphatic carbocycles. The highest BCUT2D eigenvalue weighted by molar-refractivity contribution is 6.04. The molecule has 2 aliphatic heterocycles. The van der Waals surface area contributed by atoms with Crippen LogP contribution in [0, 0.1) is 0 Å². The molecule has 2 aromatic rings. The molecule has 2 heterocycles. The first-order valence-corrected chi connectivity index (χ1v) is 9.35. The van der Waals surface area contributed by atoms with Crippen LogP contribution < -0.4 is 14.8 Å². The standard InChI is InChI=1S/C21H20N2O6/c24-19(15-3-1-2-4-16(15)21(26)27)22-14-7-9-23(10-8-14)20(25)13-5-6-17-18(11-13)29-12-28-17/h1-6,11,14H,7-10,12H2,(H,22,24)(H,26,27). The van der Waals surface area contributed by atoms with Gasteiger partial charge in [-0.1, -0.05) is 12.1 Å². The summed E-state index contributed by atoms with van der Waals surface area (Å²) in [6.07, 6.45) is 1.19.